The molecule has 5 heteroatoms. The van der Waals surface area contributed by atoms with Gasteiger partial charge in [0.1, 0.15) is 5.82 Å². The van der Waals surface area contributed by atoms with E-state index in [0.29, 0.717) is 6.42 Å². The molecule has 1 unspecified atom stereocenters. The van der Waals surface area contributed by atoms with Crippen LogP contribution in [0.1, 0.15) is 24.5 Å². The first-order chi connectivity index (χ1) is 9.29. The topological polar surface area (TPSA) is 72.5 Å². The standard InChI is InChI=1S/C14H17N5/c1-2-19-13-6-4-3-5-10(13)12(18-19)9-11(15)14-16-7-8-17-14/h3-8,11H,2,9,15H2,1H3,(H,16,17). The second-order valence-corrected chi connectivity index (χ2v) is 4.56. The molecular weight excluding hydrogens is 238 g/mol. The molecule has 0 fully saturated rings. The summed E-state index contributed by atoms with van der Waals surface area (Å²) in [5.74, 6) is 0.801. The van der Waals surface area contributed by atoms with E-state index in [1.165, 1.54) is 5.39 Å². The number of nitrogens with two attached hydrogens (primary N) is 1. The zero-order valence-corrected chi connectivity index (χ0v) is 10.9. The third kappa shape index (κ3) is 2.13. The van der Waals surface area contributed by atoms with Crippen molar-refractivity contribution in [2.45, 2.75) is 25.9 Å². The Hall–Kier alpha value is -2.14. The van der Waals surface area contributed by atoms with Gasteiger partial charge in [-0.05, 0) is 13.0 Å². The maximum atomic E-state index is 6.17. The predicted octanol–water partition coefficient (Wildman–Crippen LogP) is 2.02. The molecule has 1 atom stereocenters. The number of hydrogen-bond acceptors (Lipinski definition) is 3. The minimum absolute atomic E-state index is 0.154. The summed E-state index contributed by atoms with van der Waals surface area (Å²) < 4.78 is 2.01. The largest absolute Gasteiger partial charge is 0.347 e. The van der Waals surface area contributed by atoms with Crippen LogP contribution in [0.5, 0.6) is 0 Å². The van der Waals surface area contributed by atoms with Crippen LogP contribution in [0.4, 0.5) is 0 Å². The van der Waals surface area contributed by atoms with Gasteiger partial charge in [-0.15, -0.1) is 0 Å². The quantitative estimate of drug-likeness (QED) is 0.749. The highest BCUT2D eigenvalue weighted by Crippen LogP contribution is 2.22. The number of H-pyrrole nitrogens is 1. The second-order valence-electron chi connectivity index (χ2n) is 4.56. The Bertz CT molecular complexity index is 668. The molecular formula is C14H17N5. The molecule has 0 aliphatic heterocycles. The average molecular weight is 255 g/mol. The summed E-state index contributed by atoms with van der Waals surface area (Å²) in [5.41, 5.74) is 8.36. The Kier molecular flexibility index (Phi) is 3.05. The maximum Gasteiger partial charge on any atom is 0.123 e. The molecule has 0 aliphatic carbocycles. The Balaban J connectivity index is 1.97. The van der Waals surface area contributed by atoms with Crippen molar-refractivity contribution in [3.8, 4) is 0 Å². The van der Waals surface area contributed by atoms with Crippen LogP contribution >= 0.6 is 0 Å². The van der Waals surface area contributed by atoms with Crippen molar-refractivity contribution in [1.82, 2.24) is 19.7 Å². The van der Waals surface area contributed by atoms with E-state index >= 15 is 0 Å². The SMILES string of the molecule is CCn1nc(CC(N)c2ncc[nH]2)c2ccccc21. The molecule has 1 aromatic carbocycles. The molecule has 2 heterocycles. The summed E-state index contributed by atoms with van der Waals surface area (Å²) in [5, 5.41) is 5.83. The van der Waals surface area contributed by atoms with E-state index in [4.69, 9.17) is 5.73 Å². The fraction of sp³-hybridized carbons (Fsp3) is 0.286. The molecule has 3 N–H and O–H groups in total. The van der Waals surface area contributed by atoms with Gasteiger partial charge < -0.3 is 10.7 Å². The van der Waals surface area contributed by atoms with Gasteiger partial charge >= 0.3 is 0 Å². The lowest BCUT2D eigenvalue weighted by molar-refractivity contribution is 0.627. The molecule has 2 aromatic heterocycles. The minimum Gasteiger partial charge on any atom is -0.347 e. The van der Waals surface area contributed by atoms with Crippen molar-refractivity contribution in [3.63, 3.8) is 0 Å². The molecule has 0 saturated heterocycles. The number of aromatic nitrogens is 4. The van der Waals surface area contributed by atoms with E-state index in [2.05, 4.69) is 34.1 Å². The summed E-state index contributed by atoms with van der Waals surface area (Å²) in [7, 11) is 0. The third-order valence-corrected chi connectivity index (χ3v) is 3.32. The van der Waals surface area contributed by atoms with Crippen molar-refractivity contribution >= 4 is 10.9 Å². The van der Waals surface area contributed by atoms with Gasteiger partial charge in [0.15, 0.2) is 0 Å². The summed E-state index contributed by atoms with van der Waals surface area (Å²) in [4.78, 5) is 7.26. The number of aryl methyl sites for hydroxylation is 1. The zero-order chi connectivity index (χ0) is 13.2. The summed E-state index contributed by atoms with van der Waals surface area (Å²) in [6.07, 6.45) is 4.19. The Morgan fingerprint density at radius 3 is 2.95 bits per heavy atom. The van der Waals surface area contributed by atoms with Crippen LogP contribution in [0.25, 0.3) is 10.9 Å². The monoisotopic (exact) mass is 255 g/mol. The fourth-order valence-corrected chi connectivity index (χ4v) is 2.37. The molecule has 5 nitrogen and oxygen atoms in total. The van der Waals surface area contributed by atoms with Crippen molar-refractivity contribution < 1.29 is 0 Å². The highest BCUT2D eigenvalue weighted by molar-refractivity contribution is 5.82. The molecule has 0 aliphatic rings. The van der Waals surface area contributed by atoms with Crippen molar-refractivity contribution in [2.24, 2.45) is 5.73 Å². The normalized spacial score (nSPS) is 12.9. The second kappa shape index (κ2) is 4.85. The average Bonchev–Trinajstić information content (AvgIpc) is 3.07. The molecule has 0 saturated carbocycles. The number of rotatable bonds is 4. The van der Waals surface area contributed by atoms with Crippen LogP contribution in [0.2, 0.25) is 0 Å². The number of hydrogen-bond donors (Lipinski definition) is 2. The number of nitrogens with one attached hydrogen (secondary N) is 1. The number of aromatic amines is 1. The number of imidazole rings is 1. The highest BCUT2D eigenvalue weighted by atomic mass is 15.3. The highest BCUT2D eigenvalue weighted by Gasteiger charge is 2.15. The first-order valence-electron chi connectivity index (χ1n) is 6.49. The van der Waals surface area contributed by atoms with Crippen LogP contribution < -0.4 is 5.73 Å². The van der Waals surface area contributed by atoms with Crippen LogP contribution in [-0.2, 0) is 13.0 Å². The summed E-state index contributed by atoms with van der Waals surface area (Å²) >= 11 is 0. The number of fused-ring (bicyclic) bond motifs is 1. The van der Waals surface area contributed by atoms with Crippen LogP contribution in [-0.4, -0.2) is 19.7 Å². The molecule has 0 bridgehead atoms. The Morgan fingerprint density at radius 2 is 2.21 bits per heavy atom. The molecule has 3 rings (SSSR count). The van der Waals surface area contributed by atoms with Gasteiger partial charge in [-0.2, -0.15) is 5.10 Å². The van der Waals surface area contributed by atoms with E-state index in [1.807, 2.05) is 16.8 Å². The molecule has 0 radical (unpaired) electrons. The lowest BCUT2D eigenvalue weighted by atomic mass is 10.1. The van der Waals surface area contributed by atoms with E-state index in [1.54, 1.807) is 12.4 Å². The Labute approximate surface area is 111 Å². The molecule has 0 amide bonds. The number of para-hydroxylation sites is 1. The van der Waals surface area contributed by atoms with Crippen LogP contribution in [0, 0.1) is 0 Å². The van der Waals surface area contributed by atoms with Crippen molar-refractivity contribution in [1.29, 1.82) is 0 Å². The van der Waals surface area contributed by atoms with Gasteiger partial charge in [0.25, 0.3) is 0 Å². The summed E-state index contributed by atoms with van der Waals surface area (Å²) in [6, 6.07) is 8.10. The lowest BCUT2D eigenvalue weighted by Gasteiger charge is -2.06. The number of benzene rings is 1. The van der Waals surface area contributed by atoms with Crippen molar-refractivity contribution in [2.75, 3.05) is 0 Å². The van der Waals surface area contributed by atoms with Crippen LogP contribution in [0.15, 0.2) is 36.7 Å². The first kappa shape index (κ1) is 11.9. The molecule has 0 spiro atoms. The van der Waals surface area contributed by atoms with E-state index in [0.717, 1.165) is 23.6 Å². The van der Waals surface area contributed by atoms with Gasteiger partial charge in [0.2, 0.25) is 0 Å². The minimum atomic E-state index is -0.154. The van der Waals surface area contributed by atoms with E-state index in [-0.39, 0.29) is 6.04 Å². The zero-order valence-electron chi connectivity index (χ0n) is 10.9. The third-order valence-electron chi connectivity index (χ3n) is 3.32. The fourth-order valence-electron chi connectivity index (χ4n) is 2.37. The van der Waals surface area contributed by atoms with Gasteiger partial charge in [-0.3, -0.25) is 4.68 Å². The smallest absolute Gasteiger partial charge is 0.123 e. The summed E-state index contributed by atoms with van der Waals surface area (Å²) in [6.45, 7) is 2.95. The van der Waals surface area contributed by atoms with Crippen LogP contribution in [0.3, 0.4) is 0 Å². The van der Waals surface area contributed by atoms with Crippen molar-refractivity contribution in [3.05, 3.63) is 48.2 Å². The van der Waals surface area contributed by atoms with Gasteiger partial charge in [-0.1, -0.05) is 18.2 Å². The van der Waals surface area contributed by atoms with E-state index in [9.17, 15) is 0 Å². The van der Waals surface area contributed by atoms with Gasteiger partial charge in [0, 0.05) is 30.7 Å². The molecule has 19 heavy (non-hydrogen) atoms. The van der Waals surface area contributed by atoms with E-state index < -0.39 is 0 Å². The Morgan fingerprint density at radius 1 is 1.37 bits per heavy atom. The lowest BCUT2D eigenvalue weighted by Crippen LogP contribution is -2.15. The predicted molar refractivity (Wildman–Crippen MR) is 74.6 cm³/mol. The number of nitrogens with zero attached hydrogens (tertiary/aromatic N) is 3. The first-order valence-corrected chi connectivity index (χ1v) is 6.49. The van der Waals surface area contributed by atoms with Gasteiger partial charge in [-0.25, -0.2) is 4.98 Å². The maximum absolute atomic E-state index is 6.17. The van der Waals surface area contributed by atoms with Gasteiger partial charge in [0.05, 0.1) is 17.3 Å². The molecule has 3 aromatic rings. The molecule has 98 valence electrons.